The van der Waals surface area contributed by atoms with Gasteiger partial charge in [0.05, 0.1) is 6.61 Å². The van der Waals surface area contributed by atoms with E-state index in [0.717, 1.165) is 32.1 Å². The summed E-state index contributed by atoms with van der Waals surface area (Å²) in [5, 5.41) is 20.1. The molecule has 102 valence electrons. The molecule has 3 atom stereocenters. The summed E-state index contributed by atoms with van der Waals surface area (Å²) >= 11 is 0. The van der Waals surface area contributed by atoms with Crippen LogP contribution in [0.15, 0.2) is 0 Å². The number of likely N-dealkylation sites (tertiary alicyclic amines) is 1. The maximum absolute atomic E-state index is 12.1. The lowest BCUT2D eigenvalue weighted by Crippen LogP contribution is -2.55. The molecule has 18 heavy (non-hydrogen) atoms. The summed E-state index contributed by atoms with van der Waals surface area (Å²) in [6.45, 7) is 0.105. The predicted octanol–water partition coefficient (Wildman–Crippen LogP) is 0.406. The number of amides is 2. The number of carbonyl (C=O) groups is 2. The van der Waals surface area contributed by atoms with Crippen molar-refractivity contribution in [2.45, 2.75) is 44.2 Å². The summed E-state index contributed by atoms with van der Waals surface area (Å²) in [5.41, 5.74) is 0. The Kier molecular flexibility index (Phi) is 4.06. The smallest absolute Gasteiger partial charge is 0.328 e. The molecule has 0 spiro atoms. The number of aliphatic hydroxyl groups excluding tert-OH is 1. The molecule has 6 heteroatoms. The molecule has 6 nitrogen and oxygen atoms in total. The van der Waals surface area contributed by atoms with E-state index in [1.165, 1.54) is 0 Å². The second-order valence-corrected chi connectivity index (χ2v) is 5.12. The molecule has 0 radical (unpaired) electrons. The van der Waals surface area contributed by atoms with Crippen LogP contribution in [0, 0.1) is 5.92 Å². The monoisotopic (exact) mass is 256 g/mol. The minimum Gasteiger partial charge on any atom is -0.480 e. The Bertz CT molecular complexity index is 334. The molecule has 1 aliphatic carbocycles. The molecule has 2 unspecified atom stereocenters. The van der Waals surface area contributed by atoms with Crippen molar-refractivity contribution in [3.8, 4) is 0 Å². The van der Waals surface area contributed by atoms with Gasteiger partial charge in [-0.1, -0.05) is 6.42 Å². The van der Waals surface area contributed by atoms with Crippen LogP contribution in [0.2, 0.25) is 0 Å². The summed E-state index contributed by atoms with van der Waals surface area (Å²) in [5.74, 6) is -0.632. The second-order valence-electron chi connectivity index (χ2n) is 5.12. The number of nitrogens with one attached hydrogen (secondary N) is 1. The highest BCUT2D eigenvalue weighted by molar-refractivity contribution is 5.82. The minimum absolute atomic E-state index is 0.256. The zero-order valence-electron chi connectivity index (χ0n) is 10.3. The molecule has 1 aliphatic heterocycles. The third-order valence-corrected chi connectivity index (χ3v) is 4.03. The Balaban J connectivity index is 1.97. The topological polar surface area (TPSA) is 89.9 Å². The molecule has 1 heterocycles. The average molecular weight is 256 g/mol. The molecule has 0 aromatic carbocycles. The molecule has 2 rings (SSSR count). The van der Waals surface area contributed by atoms with E-state index in [9.17, 15) is 9.59 Å². The summed E-state index contributed by atoms with van der Waals surface area (Å²) < 4.78 is 0. The van der Waals surface area contributed by atoms with Gasteiger partial charge in [0.15, 0.2) is 6.04 Å². The van der Waals surface area contributed by atoms with E-state index in [4.69, 9.17) is 10.2 Å². The van der Waals surface area contributed by atoms with Crippen LogP contribution in [0.1, 0.15) is 32.1 Å². The lowest BCUT2D eigenvalue weighted by molar-refractivity contribution is -0.140. The van der Waals surface area contributed by atoms with Crippen LogP contribution < -0.4 is 5.32 Å². The Hall–Kier alpha value is -1.30. The van der Waals surface area contributed by atoms with Gasteiger partial charge >= 0.3 is 12.0 Å². The molecule has 0 aromatic heterocycles. The van der Waals surface area contributed by atoms with Gasteiger partial charge in [-0.25, -0.2) is 9.59 Å². The minimum atomic E-state index is -1.21. The zero-order valence-corrected chi connectivity index (χ0v) is 10.3. The fourth-order valence-electron chi connectivity index (χ4n) is 3.12. The van der Waals surface area contributed by atoms with Crippen molar-refractivity contribution in [1.82, 2.24) is 10.2 Å². The Morgan fingerprint density at radius 1 is 1.28 bits per heavy atom. The molecule has 1 saturated carbocycles. The van der Waals surface area contributed by atoms with Crippen LogP contribution in [-0.2, 0) is 4.79 Å². The standard InChI is InChI=1S/C12H20N2O4/c15-7-9(11(16)17)13-12(18)14-6-2-4-8-3-1-5-10(8)14/h8-10,15H,1-7H2,(H,13,18)(H,16,17)/t8?,9-,10?/m1/s1. The van der Waals surface area contributed by atoms with E-state index in [-0.39, 0.29) is 12.1 Å². The van der Waals surface area contributed by atoms with E-state index in [1.54, 1.807) is 4.90 Å². The third kappa shape index (κ3) is 2.58. The number of aliphatic hydroxyl groups is 1. The first kappa shape index (κ1) is 13.1. The van der Waals surface area contributed by atoms with E-state index in [1.807, 2.05) is 0 Å². The second kappa shape index (κ2) is 5.56. The van der Waals surface area contributed by atoms with Crippen molar-refractivity contribution in [3.05, 3.63) is 0 Å². The maximum Gasteiger partial charge on any atom is 0.328 e. The van der Waals surface area contributed by atoms with E-state index < -0.39 is 18.6 Å². The van der Waals surface area contributed by atoms with Crippen LogP contribution >= 0.6 is 0 Å². The largest absolute Gasteiger partial charge is 0.480 e. The van der Waals surface area contributed by atoms with Gasteiger partial charge in [0.2, 0.25) is 0 Å². The number of carboxylic acid groups (broad SMARTS) is 1. The molecule has 2 amide bonds. The van der Waals surface area contributed by atoms with Gasteiger partial charge in [-0.2, -0.15) is 0 Å². The van der Waals surface area contributed by atoms with Crippen molar-refractivity contribution >= 4 is 12.0 Å². The number of carbonyl (C=O) groups excluding carboxylic acids is 1. The fraction of sp³-hybridized carbons (Fsp3) is 0.833. The van der Waals surface area contributed by atoms with Crippen LogP contribution in [0.5, 0.6) is 0 Å². The molecular formula is C12H20N2O4. The van der Waals surface area contributed by atoms with Gasteiger partial charge in [0, 0.05) is 12.6 Å². The first-order valence-corrected chi connectivity index (χ1v) is 6.54. The van der Waals surface area contributed by atoms with Crippen LogP contribution in [0.4, 0.5) is 4.79 Å². The summed E-state index contributed by atoms with van der Waals surface area (Å²) in [7, 11) is 0. The number of piperidine rings is 1. The van der Waals surface area contributed by atoms with E-state index in [2.05, 4.69) is 5.32 Å². The maximum atomic E-state index is 12.1. The average Bonchev–Trinajstić information content (AvgIpc) is 2.82. The van der Waals surface area contributed by atoms with E-state index in [0.29, 0.717) is 12.5 Å². The van der Waals surface area contributed by atoms with Crippen LogP contribution in [0.25, 0.3) is 0 Å². The third-order valence-electron chi connectivity index (χ3n) is 4.03. The predicted molar refractivity (Wildman–Crippen MR) is 64.1 cm³/mol. The lowest BCUT2D eigenvalue weighted by Gasteiger charge is -2.38. The van der Waals surface area contributed by atoms with Gasteiger partial charge in [0.25, 0.3) is 0 Å². The first-order valence-electron chi connectivity index (χ1n) is 6.54. The van der Waals surface area contributed by atoms with Gasteiger partial charge < -0.3 is 20.4 Å². The molecule has 0 aromatic rings. The van der Waals surface area contributed by atoms with Gasteiger partial charge in [-0.15, -0.1) is 0 Å². The number of hydrogen-bond donors (Lipinski definition) is 3. The molecular weight excluding hydrogens is 236 g/mol. The number of fused-ring (bicyclic) bond motifs is 1. The van der Waals surface area contributed by atoms with Gasteiger partial charge in [0.1, 0.15) is 0 Å². The summed E-state index contributed by atoms with van der Waals surface area (Å²) in [6, 6.07) is -1.31. The Morgan fingerprint density at radius 3 is 2.67 bits per heavy atom. The Labute approximate surface area is 106 Å². The van der Waals surface area contributed by atoms with Crippen molar-refractivity contribution in [2.24, 2.45) is 5.92 Å². The molecule has 2 aliphatic rings. The van der Waals surface area contributed by atoms with Crippen LogP contribution in [0.3, 0.4) is 0 Å². The van der Waals surface area contributed by atoms with E-state index >= 15 is 0 Å². The SMILES string of the molecule is O=C(O)[C@@H](CO)NC(=O)N1CCCC2CCCC21. The number of urea groups is 1. The summed E-state index contributed by atoms with van der Waals surface area (Å²) in [6.07, 6.45) is 5.45. The van der Waals surface area contributed by atoms with Crippen molar-refractivity contribution in [1.29, 1.82) is 0 Å². The summed E-state index contributed by atoms with van der Waals surface area (Å²) in [4.78, 5) is 24.6. The first-order chi connectivity index (χ1) is 8.63. The van der Waals surface area contributed by atoms with Crippen LogP contribution in [-0.4, -0.2) is 52.3 Å². The zero-order chi connectivity index (χ0) is 13.1. The lowest BCUT2D eigenvalue weighted by atomic mass is 9.92. The quantitative estimate of drug-likeness (QED) is 0.682. The number of aliphatic carboxylic acids is 1. The Morgan fingerprint density at radius 2 is 2.00 bits per heavy atom. The highest BCUT2D eigenvalue weighted by atomic mass is 16.4. The molecule has 2 fully saturated rings. The van der Waals surface area contributed by atoms with Crippen molar-refractivity contribution in [3.63, 3.8) is 0 Å². The number of nitrogens with zero attached hydrogens (tertiary/aromatic N) is 1. The van der Waals surface area contributed by atoms with Gasteiger partial charge in [-0.3, -0.25) is 0 Å². The number of hydrogen-bond acceptors (Lipinski definition) is 3. The molecule has 3 N–H and O–H groups in total. The molecule has 0 bridgehead atoms. The fourth-order valence-corrected chi connectivity index (χ4v) is 3.12. The highest BCUT2D eigenvalue weighted by Crippen LogP contribution is 2.36. The number of rotatable bonds is 3. The molecule has 1 saturated heterocycles. The van der Waals surface area contributed by atoms with Crippen molar-refractivity contribution < 1.29 is 19.8 Å². The normalized spacial score (nSPS) is 28.6. The van der Waals surface area contributed by atoms with Crippen molar-refractivity contribution in [2.75, 3.05) is 13.2 Å². The van der Waals surface area contributed by atoms with Gasteiger partial charge in [-0.05, 0) is 31.6 Å². The highest BCUT2D eigenvalue weighted by Gasteiger charge is 2.38. The number of carboxylic acids is 1.